The van der Waals surface area contributed by atoms with E-state index < -0.39 is 0 Å². The van der Waals surface area contributed by atoms with Crippen LogP contribution in [0.15, 0.2) is 12.1 Å². The Morgan fingerprint density at radius 2 is 1.44 bits per heavy atom. The van der Waals surface area contributed by atoms with Crippen LogP contribution in [0, 0.1) is 0 Å². The maximum atomic E-state index is 5.53. The topological polar surface area (TPSA) is 24.1 Å². The number of hydrogen-bond donors (Lipinski definition) is 2. The maximum Gasteiger partial charge on any atom is 0.170 e. The van der Waals surface area contributed by atoms with Gasteiger partial charge < -0.3 is 10.6 Å². The van der Waals surface area contributed by atoms with E-state index in [0.717, 1.165) is 24.5 Å². The molecule has 0 amide bonds. The second-order valence-electron chi connectivity index (χ2n) is 6.89. The van der Waals surface area contributed by atoms with Crippen LogP contribution in [-0.4, -0.2) is 11.7 Å². The van der Waals surface area contributed by atoms with Crippen molar-refractivity contribution in [3.63, 3.8) is 0 Å². The van der Waals surface area contributed by atoms with Gasteiger partial charge in [-0.3, -0.25) is 0 Å². The van der Waals surface area contributed by atoms with Crippen LogP contribution in [-0.2, 0) is 19.3 Å². The van der Waals surface area contributed by atoms with Crippen LogP contribution in [0.2, 0.25) is 0 Å². The summed E-state index contributed by atoms with van der Waals surface area (Å²) in [6, 6.07) is 4.73. The van der Waals surface area contributed by atoms with E-state index in [2.05, 4.69) is 50.5 Å². The van der Waals surface area contributed by atoms with Crippen LogP contribution in [0.4, 0.5) is 5.69 Å². The number of thiocarbonyl (C=S) groups is 1. The van der Waals surface area contributed by atoms with E-state index in [4.69, 9.17) is 12.2 Å². The Morgan fingerprint density at radius 3 is 2.00 bits per heavy atom. The molecule has 3 heteroatoms. The smallest absolute Gasteiger partial charge is 0.170 e. The van der Waals surface area contributed by atoms with Gasteiger partial charge in [-0.15, -0.1) is 0 Å². The first-order chi connectivity index (χ1) is 12.2. The summed E-state index contributed by atoms with van der Waals surface area (Å²) in [6.07, 6.45) is 12.2. The summed E-state index contributed by atoms with van der Waals surface area (Å²) >= 11 is 5.53. The fourth-order valence-corrected chi connectivity index (χ4v) is 3.38. The molecule has 0 atom stereocenters. The summed E-state index contributed by atoms with van der Waals surface area (Å²) in [5, 5.41) is 7.63. The molecule has 0 fully saturated rings. The van der Waals surface area contributed by atoms with Gasteiger partial charge in [0.05, 0.1) is 0 Å². The molecule has 0 aliphatic rings. The van der Waals surface area contributed by atoms with Gasteiger partial charge in [0.1, 0.15) is 0 Å². The number of aryl methyl sites for hydroxylation is 3. The molecule has 0 bridgehead atoms. The van der Waals surface area contributed by atoms with Crippen LogP contribution in [0.25, 0.3) is 0 Å². The highest BCUT2D eigenvalue weighted by Gasteiger charge is 2.10. The maximum absolute atomic E-state index is 5.53. The molecule has 2 nitrogen and oxygen atoms in total. The standard InChI is InChI=1S/C22H38N2S/c1-5-9-11-12-13-15-23-22(25)24-21-19(7-3)16-18(14-10-6-2)17-20(21)8-4/h16-17H,5-15H2,1-4H3,(H2,23,24,25). The van der Waals surface area contributed by atoms with E-state index in [1.165, 1.54) is 73.7 Å². The van der Waals surface area contributed by atoms with E-state index in [1.54, 1.807) is 0 Å². The van der Waals surface area contributed by atoms with Crippen molar-refractivity contribution in [2.45, 2.75) is 91.9 Å². The zero-order valence-corrected chi connectivity index (χ0v) is 17.7. The van der Waals surface area contributed by atoms with Gasteiger partial charge in [0.25, 0.3) is 0 Å². The quantitative estimate of drug-likeness (QED) is 0.332. The minimum absolute atomic E-state index is 0.765. The molecule has 1 aromatic rings. The first kappa shape index (κ1) is 22.0. The molecule has 0 saturated heterocycles. The van der Waals surface area contributed by atoms with Gasteiger partial charge in [0, 0.05) is 12.2 Å². The molecule has 1 rings (SSSR count). The van der Waals surface area contributed by atoms with Gasteiger partial charge in [-0.1, -0.05) is 71.9 Å². The molecule has 0 aliphatic heterocycles. The van der Waals surface area contributed by atoms with Gasteiger partial charge in [0.2, 0.25) is 0 Å². The Morgan fingerprint density at radius 1 is 0.840 bits per heavy atom. The first-order valence-electron chi connectivity index (χ1n) is 10.4. The average molecular weight is 363 g/mol. The third kappa shape index (κ3) is 8.22. The normalized spacial score (nSPS) is 10.7. The van der Waals surface area contributed by atoms with Crippen molar-refractivity contribution in [2.24, 2.45) is 0 Å². The van der Waals surface area contributed by atoms with Crippen molar-refractivity contribution >= 4 is 23.0 Å². The lowest BCUT2D eigenvalue weighted by Crippen LogP contribution is -2.30. The minimum atomic E-state index is 0.765. The van der Waals surface area contributed by atoms with Crippen LogP contribution in [0.1, 0.15) is 89.3 Å². The van der Waals surface area contributed by atoms with E-state index in [0.29, 0.717) is 0 Å². The monoisotopic (exact) mass is 362 g/mol. The van der Waals surface area contributed by atoms with Crippen molar-refractivity contribution in [1.82, 2.24) is 5.32 Å². The highest BCUT2D eigenvalue weighted by atomic mass is 32.1. The highest BCUT2D eigenvalue weighted by Crippen LogP contribution is 2.26. The summed E-state index contributed by atoms with van der Waals surface area (Å²) in [5.41, 5.74) is 5.47. The van der Waals surface area contributed by atoms with Crippen molar-refractivity contribution < 1.29 is 0 Å². The summed E-state index contributed by atoms with van der Waals surface area (Å²) < 4.78 is 0. The van der Waals surface area contributed by atoms with E-state index in [9.17, 15) is 0 Å². The summed E-state index contributed by atoms with van der Waals surface area (Å²) in [4.78, 5) is 0. The van der Waals surface area contributed by atoms with Crippen LogP contribution in [0.5, 0.6) is 0 Å². The molecule has 142 valence electrons. The van der Waals surface area contributed by atoms with Crippen molar-refractivity contribution in [1.29, 1.82) is 0 Å². The molecular weight excluding hydrogens is 324 g/mol. The number of hydrogen-bond acceptors (Lipinski definition) is 1. The molecular formula is C22H38N2S. The van der Waals surface area contributed by atoms with E-state index in [1.807, 2.05) is 0 Å². The second-order valence-corrected chi connectivity index (χ2v) is 7.30. The average Bonchev–Trinajstić information content (AvgIpc) is 2.63. The van der Waals surface area contributed by atoms with Gasteiger partial charge >= 0.3 is 0 Å². The van der Waals surface area contributed by atoms with Crippen LogP contribution >= 0.6 is 12.2 Å². The third-order valence-corrected chi connectivity index (χ3v) is 4.99. The lowest BCUT2D eigenvalue weighted by Gasteiger charge is -2.19. The lowest BCUT2D eigenvalue weighted by atomic mass is 9.96. The summed E-state index contributed by atoms with van der Waals surface area (Å²) in [5.74, 6) is 0. The van der Waals surface area contributed by atoms with Gasteiger partial charge in [0.15, 0.2) is 5.11 Å². The Kier molecular flexibility index (Phi) is 11.6. The first-order valence-corrected chi connectivity index (χ1v) is 10.8. The van der Waals surface area contributed by atoms with Gasteiger partial charge in [-0.25, -0.2) is 0 Å². The molecule has 0 heterocycles. The number of anilines is 1. The highest BCUT2D eigenvalue weighted by molar-refractivity contribution is 7.80. The van der Waals surface area contributed by atoms with Crippen LogP contribution in [0.3, 0.4) is 0 Å². The van der Waals surface area contributed by atoms with Crippen LogP contribution < -0.4 is 10.6 Å². The Bertz CT molecular complexity index is 486. The summed E-state index contributed by atoms with van der Waals surface area (Å²) in [7, 11) is 0. The number of unbranched alkanes of at least 4 members (excludes halogenated alkanes) is 5. The van der Waals surface area contributed by atoms with Gasteiger partial charge in [-0.05, 0) is 61.0 Å². The van der Waals surface area contributed by atoms with Gasteiger partial charge in [-0.2, -0.15) is 0 Å². The fourth-order valence-electron chi connectivity index (χ4n) is 3.17. The zero-order valence-electron chi connectivity index (χ0n) is 16.8. The Hall–Kier alpha value is -1.09. The van der Waals surface area contributed by atoms with E-state index >= 15 is 0 Å². The predicted octanol–water partition coefficient (Wildman–Crippen LogP) is 6.41. The molecule has 0 saturated carbocycles. The predicted molar refractivity (Wildman–Crippen MR) is 117 cm³/mol. The molecule has 25 heavy (non-hydrogen) atoms. The summed E-state index contributed by atoms with van der Waals surface area (Å²) in [6.45, 7) is 9.93. The van der Waals surface area contributed by atoms with Crippen molar-refractivity contribution in [2.75, 3.05) is 11.9 Å². The molecule has 0 radical (unpaired) electrons. The SMILES string of the molecule is CCCCCCCNC(=S)Nc1c(CC)cc(CCCC)cc1CC. The Balaban J connectivity index is 2.64. The molecule has 0 aliphatic carbocycles. The number of benzene rings is 1. The largest absolute Gasteiger partial charge is 0.362 e. The fraction of sp³-hybridized carbons (Fsp3) is 0.682. The molecule has 0 aromatic heterocycles. The van der Waals surface area contributed by atoms with Crippen molar-refractivity contribution in [3.8, 4) is 0 Å². The van der Waals surface area contributed by atoms with E-state index in [-0.39, 0.29) is 0 Å². The third-order valence-electron chi connectivity index (χ3n) is 4.75. The molecule has 0 unspecified atom stereocenters. The van der Waals surface area contributed by atoms with Crippen molar-refractivity contribution in [3.05, 3.63) is 28.8 Å². The molecule has 0 spiro atoms. The molecule has 1 aromatic carbocycles. The molecule has 2 N–H and O–H groups in total. The second kappa shape index (κ2) is 13.2. The zero-order chi connectivity index (χ0) is 18.5. The lowest BCUT2D eigenvalue weighted by molar-refractivity contribution is 0.625. The Labute approximate surface area is 161 Å². The number of rotatable bonds is 12. The minimum Gasteiger partial charge on any atom is -0.362 e. The number of nitrogens with one attached hydrogen (secondary N) is 2.